The Labute approximate surface area is 151 Å². The van der Waals surface area contributed by atoms with Crippen LogP contribution in [-0.2, 0) is 17.8 Å². The van der Waals surface area contributed by atoms with E-state index < -0.39 is 0 Å². The number of carbonyl (C=O) groups is 1. The zero-order chi connectivity index (χ0) is 18.2. The van der Waals surface area contributed by atoms with Crippen LogP contribution < -0.4 is 10.1 Å². The van der Waals surface area contributed by atoms with Crippen LogP contribution in [0.3, 0.4) is 0 Å². The van der Waals surface area contributed by atoms with Gasteiger partial charge < -0.3 is 14.6 Å². The summed E-state index contributed by atoms with van der Waals surface area (Å²) in [5.74, 6) is 1.41. The van der Waals surface area contributed by atoms with E-state index in [2.05, 4.69) is 20.4 Å². The Morgan fingerprint density at radius 3 is 2.85 bits per heavy atom. The summed E-state index contributed by atoms with van der Waals surface area (Å²) in [6.07, 6.45) is 2.31. The number of aromatic nitrogens is 3. The van der Waals surface area contributed by atoms with Gasteiger partial charge in [-0.3, -0.25) is 4.79 Å². The molecule has 3 aromatic rings. The summed E-state index contributed by atoms with van der Waals surface area (Å²) < 4.78 is 10.7. The molecule has 2 heterocycles. The minimum Gasteiger partial charge on any atom is -0.478 e. The molecule has 7 nitrogen and oxygen atoms in total. The lowest BCUT2D eigenvalue weighted by atomic mass is 10.2. The van der Waals surface area contributed by atoms with Crippen molar-refractivity contribution in [3.05, 3.63) is 60.1 Å². The Kier molecular flexibility index (Phi) is 5.92. The number of hydrogen-bond donors (Lipinski definition) is 1. The first kappa shape index (κ1) is 17.6. The standard InChI is InChI=1S/C19H20N4O3/c1-2-25-19-15(9-6-12-20-19)13-21-16(24)10-11-17-22-18(23-26-17)14-7-4-3-5-8-14/h3-9,12H,2,10-11,13H2,1H3,(H,21,24). The van der Waals surface area contributed by atoms with Crippen LogP contribution in [0.1, 0.15) is 24.8 Å². The van der Waals surface area contributed by atoms with Crippen molar-refractivity contribution >= 4 is 5.91 Å². The van der Waals surface area contributed by atoms with Gasteiger partial charge in [-0.2, -0.15) is 4.98 Å². The number of benzene rings is 1. The Balaban J connectivity index is 1.50. The highest BCUT2D eigenvalue weighted by Crippen LogP contribution is 2.16. The predicted molar refractivity (Wildman–Crippen MR) is 95.3 cm³/mol. The molecule has 0 aliphatic heterocycles. The maximum Gasteiger partial charge on any atom is 0.227 e. The molecule has 0 unspecified atom stereocenters. The van der Waals surface area contributed by atoms with Crippen LogP contribution >= 0.6 is 0 Å². The van der Waals surface area contributed by atoms with E-state index in [4.69, 9.17) is 9.26 Å². The van der Waals surface area contributed by atoms with E-state index >= 15 is 0 Å². The molecule has 2 aromatic heterocycles. The average Bonchev–Trinajstić information content (AvgIpc) is 3.16. The Morgan fingerprint density at radius 1 is 1.19 bits per heavy atom. The maximum atomic E-state index is 12.1. The SMILES string of the molecule is CCOc1ncccc1CNC(=O)CCc1nc(-c2ccccc2)no1. The zero-order valence-corrected chi connectivity index (χ0v) is 14.5. The molecule has 0 aliphatic rings. The van der Waals surface area contributed by atoms with E-state index in [1.807, 2.05) is 49.4 Å². The van der Waals surface area contributed by atoms with Gasteiger partial charge in [0.25, 0.3) is 0 Å². The van der Waals surface area contributed by atoms with Gasteiger partial charge >= 0.3 is 0 Å². The molecule has 0 fully saturated rings. The van der Waals surface area contributed by atoms with Gasteiger partial charge in [-0.05, 0) is 13.0 Å². The Hall–Kier alpha value is -3.22. The molecule has 0 bridgehead atoms. The summed E-state index contributed by atoms with van der Waals surface area (Å²) in [4.78, 5) is 20.6. The number of rotatable bonds is 8. The normalized spacial score (nSPS) is 10.5. The van der Waals surface area contributed by atoms with Crippen LogP contribution in [-0.4, -0.2) is 27.6 Å². The topological polar surface area (TPSA) is 90.1 Å². The third kappa shape index (κ3) is 4.66. The molecule has 7 heteroatoms. The van der Waals surface area contributed by atoms with Crippen molar-refractivity contribution < 1.29 is 14.1 Å². The number of nitrogens with zero attached hydrogens (tertiary/aromatic N) is 3. The zero-order valence-electron chi connectivity index (χ0n) is 14.5. The third-order valence-corrected chi connectivity index (χ3v) is 3.67. The second-order valence-electron chi connectivity index (χ2n) is 5.56. The van der Waals surface area contributed by atoms with Crippen LogP contribution in [0.4, 0.5) is 0 Å². The number of amides is 1. The minimum absolute atomic E-state index is 0.101. The average molecular weight is 352 g/mol. The van der Waals surface area contributed by atoms with E-state index in [9.17, 15) is 4.79 Å². The summed E-state index contributed by atoms with van der Waals surface area (Å²) in [5, 5.41) is 6.81. The molecule has 1 aromatic carbocycles. The maximum absolute atomic E-state index is 12.1. The summed E-state index contributed by atoms with van der Waals surface area (Å²) in [6.45, 7) is 2.78. The first-order chi connectivity index (χ1) is 12.8. The monoisotopic (exact) mass is 352 g/mol. The molecule has 0 radical (unpaired) electrons. The van der Waals surface area contributed by atoms with E-state index in [1.165, 1.54) is 0 Å². The molecule has 0 atom stereocenters. The molecule has 1 amide bonds. The smallest absolute Gasteiger partial charge is 0.227 e. The number of carbonyl (C=O) groups excluding carboxylic acids is 1. The largest absolute Gasteiger partial charge is 0.478 e. The minimum atomic E-state index is -0.101. The summed E-state index contributed by atoms with van der Waals surface area (Å²) >= 11 is 0. The Morgan fingerprint density at radius 2 is 2.04 bits per heavy atom. The molecule has 0 spiro atoms. The van der Waals surface area contributed by atoms with Gasteiger partial charge in [-0.1, -0.05) is 41.6 Å². The highest BCUT2D eigenvalue weighted by atomic mass is 16.5. The molecule has 0 aliphatic carbocycles. The fraction of sp³-hybridized carbons (Fsp3) is 0.263. The third-order valence-electron chi connectivity index (χ3n) is 3.67. The highest BCUT2D eigenvalue weighted by molar-refractivity contribution is 5.76. The van der Waals surface area contributed by atoms with Gasteiger partial charge in [-0.25, -0.2) is 4.98 Å². The summed E-state index contributed by atoms with van der Waals surface area (Å²) in [5.41, 5.74) is 1.72. The van der Waals surface area contributed by atoms with Crippen molar-refractivity contribution in [1.29, 1.82) is 0 Å². The lowest BCUT2D eigenvalue weighted by Crippen LogP contribution is -2.23. The number of hydrogen-bond acceptors (Lipinski definition) is 6. The highest BCUT2D eigenvalue weighted by Gasteiger charge is 2.11. The number of ether oxygens (including phenoxy) is 1. The van der Waals surface area contributed by atoms with Gasteiger partial charge in [0, 0.05) is 36.7 Å². The van der Waals surface area contributed by atoms with Crippen molar-refractivity contribution in [2.24, 2.45) is 0 Å². The van der Waals surface area contributed by atoms with Crippen LogP contribution in [0, 0.1) is 0 Å². The van der Waals surface area contributed by atoms with Gasteiger partial charge in [-0.15, -0.1) is 0 Å². The van der Waals surface area contributed by atoms with Crippen LogP contribution in [0.15, 0.2) is 53.2 Å². The fourth-order valence-electron chi connectivity index (χ4n) is 2.39. The number of aryl methyl sites for hydroxylation is 1. The summed E-state index contributed by atoms with van der Waals surface area (Å²) in [7, 11) is 0. The van der Waals surface area contributed by atoms with Gasteiger partial charge in [0.05, 0.1) is 6.61 Å². The van der Waals surface area contributed by atoms with E-state index in [0.717, 1.165) is 11.1 Å². The quantitative estimate of drug-likeness (QED) is 0.670. The van der Waals surface area contributed by atoms with Gasteiger partial charge in [0.15, 0.2) is 0 Å². The molecular formula is C19H20N4O3. The van der Waals surface area contributed by atoms with Crippen molar-refractivity contribution in [2.45, 2.75) is 26.3 Å². The second-order valence-corrected chi connectivity index (χ2v) is 5.56. The van der Waals surface area contributed by atoms with E-state index in [1.54, 1.807) is 6.20 Å². The van der Waals surface area contributed by atoms with Gasteiger partial charge in [0.2, 0.25) is 23.5 Å². The van der Waals surface area contributed by atoms with Gasteiger partial charge in [0.1, 0.15) is 0 Å². The van der Waals surface area contributed by atoms with Crippen molar-refractivity contribution in [1.82, 2.24) is 20.4 Å². The first-order valence-corrected chi connectivity index (χ1v) is 8.47. The molecule has 3 rings (SSSR count). The predicted octanol–water partition coefficient (Wildman–Crippen LogP) is 2.78. The fourth-order valence-corrected chi connectivity index (χ4v) is 2.39. The van der Waals surface area contributed by atoms with E-state index in [0.29, 0.717) is 37.2 Å². The lowest BCUT2D eigenvalue weighted by molar-refractivity contribution is -0.121. The van der Waals surface area contributed by atoms with Crippen molar-refractivity contribution in [3.63, 3.8) is 0 Å². The number of nitrogens with one attached hydrogen (secondary N) is 1. The van der Waals surface area contributed by atoms with Crippen LogP contribution in [0.25, 0.3) is 11.4 Å². The molecule has 0 saturated heterocycles. The first-order valence-electron chi connectivity index (χ1n) is 8.47. The van der Waals surface area contributed by atoms with Crippen LogP contribution in [0.5, 0.6) is 5.88 Å². The van der Waals surface area contributed by atoms with Crippen molar-refractivity contribution in [3.8, 4) is 17.3 Å². The van der Waals surface area contributed by atoms with E-state index in [-0.39, 0.29) is 12.3 Å². The Bertz CT molecular complexity index is 849. The lowest BCUT2D eigenvalue weighted by Gasteiger charge is -2.09. The molecule has 1 N–H and O–H groups in total. The van der Waals surface area contributed by atoms with Crippen molar-refractivity contribution in [2.75, 3.05) is 6.61 Å². The summed E-state index contributed by atoms with van der Waals surface area (Å²) in [6, 6.07) is 13.3. The molecule has 134 valence electrons. The molecule has 0 saturated carbocycles. The van der Waals surface area contributed by atoms with Crippen LogP contribution in [0.2, 0.25) is 0 Å². The number of pyridine rings is 1. The molecular weight excluding hydrogens is 332 g/mol. The molecule has 26 heavy (non-hydrogen) atoms. The second kappa shape index (κ2) is 8.75.